The number of amides is 1. The Morgan fingerprint density at radius 1 is 1.11 bits per heavy atom. The van der Waals surface area contributed by atoms with Gasteiger partial charge in [-0.15, -0.1) is 0 Å². The number of carbonyl (C=O) groups excluding carboxylic acids is 1. The largest absolute Gasteiger partial charge is 0.379 e. The van der Waals surface area contributed by atoms with Crippen molar-refractivity contribution < 1.29 is 17.9 Å². The van der Waals surface area contributed by atoms with E-state index in [1.807, 2.05) is 30.9 Å². The van der Waals surface area contributed by atoms with Gasteiger partial charge in [0.05, 0.1) is 18.1 Å². The van der Waals surface area contributed by atoms with Crippen LogP contribution in [0.25, 0.3) is 0 Å². The van der Waals surface area contributed by atoms with Gasteiger partial charge in [-0.05, 0) is 43.9 Å². The third-order valence-corrected chi connectivity index (χ3v) is 6.58. The Bertz CT molecular complexity index is 708. The quantitative estimate of drug-likeness (QED) is 0.677. The molecule has 1 amide bonds. The van der Waals surface area contributed by atoms with Gasteiger partial charge in [0.2, 0.25) is 15.9 Å². The van der Waals surface area contributed by atoms with E-state index in [-0.39, 0.29) is 11.9 Å². The Hall–Kier alpha value is -1.44. The van der Waals surface area contributed by atoms with Gasteiger partial charge in [0.25, 0.3) is 0 Å². The van der Waals surface area contributed by atoms with Gasteiger partial charge in [-0.2, -0.15) is 4.31 Å². The second-order valence-corrected chi connectivity index (χ2v) is 9.63. The van der Waals surface area contributed by atoms with Gasteiger partial charge in [0.1, 0.15) is 0 Å². The molecule has 0 radical (unpaired) electrons. The maximum Gasteiger partial charge on any atom is 0.243 e. The molecular formula is C20H32N2O4S. The molecule has 0 unspecified atom stereocenters. The van der Waals surface area contributed by atoms with Crippen LogP contribution >= 0.6 is 0 Å². The van der Waals surface area contributed by atoms with E-state index in [2.05, 4.69) is 13.8 Å². The van der Waals surface area contributed by atoms with Crippen molar-refractivity contribution in [1.29, 1.82) is 0 Å². The van der Waals surface area contributed by atoms with Crippen LogP contribution in [0.15, 0.2) is 29.2 Å². The lowest BCUT2D eigenvalue weighted by Crippen LogP contribution is -2.40. The highest BCUT2D eigenvalue weighted by molar-refractivity contribution is 7.89. The summed E-state index contributed by atoms with van der Waals surface area (Å²) in [5.41, 5.74) is 0.970. The van der Waals surface area contributed by atoms with E-state index in [0.717, 1.165) is 12.1 Å². The van der Waals surface area contributed by atoms with Gasteiger partial charge >= 0.3 is 0 Å². The molecule has 1 aliphatic heterocycles. The Balaban J connectivity index is 1.98. The van der Waals surface area contributed by atoms with Crippen LogP contribution in [-0.2, 0) is 26.0 Å². The van der Waals surface area contributed by atoms with Gasteiger partial charge in [-0.25, -0.2) is 8.42 Å². The smallest absolute Gasteiger partial charge is 0.243 e. The molecule has 1 aromatic rings. The molecule has 1 saturated heterocycles. The average molecular weight is 397 g/mol. The molecule has 7 heteroatoms. The summed E-state index contributed by atoms with van der Waals surface area (Å²) in [5.74, 6) is 0.574. The predicted octanol–water partition coefficient (Wildman–Crippen LogP) is 2.53. The summed E-state index contributed by atoms with van der Waals surface area (Å²) < 4.78 is 32.0. The zero-order valence-electron chi connectivity index (χ0n) is 16.8. The zero-order chi connectivity index (χ0) is 20.0. The van der Waals surface area contributed by atoms with E-state index >= 15 is 0 Å². The average Bonchev–Trinajstić information content (AvgIpc) is 2.65. The molecule has 0 bridgehead atoms. The monoisotopic (exact) mass is 396 g/mol. The molecule has 0 N–H and O–H groups in total. The first-order valence-corrected chi connectivity index (χ1v) is 11.1. The highest BCUT2D eigenvalue weighted by atomic mass is 32.2. The number of hydrogen-bond acceptors (Lipinski definition) is 4. The molecule has 1 heterocycles. The topological polar surface area (TPSA) is 66.9 Å². The Morgan fingerprint density at radius 2 is 1.70 bits per heavy atom. The van der Waals surface area contributed by atoms with Crippen LogP contribution in [-0.4, -0.2) is 62.4 Å². The number of carbonyl (C=O) groups is 1. The van der Waals surface area contributed by atoms with Crippen molar-refractivity contribution >= 4 is 15.9 Å². The summed E-state index contributed by atoms with van der Waals surface area (Å²) in [4.78, 5) is 14.8. The fourth-order valence-corrected chi connectivity index (χ4v) is 4.56. The molecule has 6 nitrogen and oxygen atoms in total. The van der Waals surface area contributed by atoms with Crippen molar-refractivity contribution in [3.8, 4) is 0 Å². The fourth-order valence-electron chi connectivity index (χ4n) is 3.15. The SMILES string of the molecule is CC(C)CN(C(=O)CCc1ccc(S(=O)(=O)N2CCOCC2)cc1)C(C)C. The van der Waals surface area contributed by atoms with Gasteiger partial charge < -0.3 is 9.64 Å². The van der Waals surface area contributed by atoms with E-state index in [1.54, 1.807) is 12.1 Å². The minimum Gasteiger partial charge on any atom is -0.379 e. The Morgan fingerprint density at radius 3 is 2.22 bits per heavy atom. The van der Waals surface area contributed by atoms with Crippen LogP contribution in [0.1, 0.15) is 39.7 Å². The fraction of sp³-hybridized carbons (Fsp3) is 0.650. The molecule has 0 aliphatic carbocycles. The third kappa shape index (κ3) is 6.02. The van der Waals surface area contributed by atoms with Crippen LogP contribution in [0, 0.1) is 5.92 Å². The maximum atomic E-state index is 12.6. The molecule has 0 saturated carbocycles. The molecule has 1 fully saturated rings. The molecule has 27 heavy (non-hydrogen) atoms. The number of rotatable bonds is 8. The number of ether oxygens (including phenoxy) is 1. The highest BCUT2D eigenvalue weighted by Crippen LogP contribution is 2.18. The van der Waals surface area contributed by atoms with Crippen LogP contribution < -0.4 is 0 Å². The van der Waals surface area contributed by atoms with Crippen molar-refractivity contribution in [2.45, 2.75) is 51.5 Å². The summed E-state index contributed by atoms with van der Waals surface area (Å²) in [5, 5.41) is 0. The lowest BCUT2D eigenvalue weighted by atomic mass is 10.1. The number of benzene rings is 1. The molecular weight excluding hydrogens is 364 g/mol. The lowest BCUT2D eigenvalue weighted by Gasteiger charge is -2.28. The first kappa shape index (κ1) is 21.9. The van der Waals surface area contributed by atoms with Gasteiger partial charge in [-0.3, -0.25) is 4.79 Å². The standard InChI is InChI=1S/C20H32N2O4S/c1-16(2)15-22(17(3)4)20(23)10-7-18-5-8-19(9-6-18)27(24,25)21-11-13-26-14-12-21/h5-6,8-9,16-17H,7,10-15H2,1-4H3. The molecule has 152 valence electrons. The summed E-state index contributed by atoms with van der Waals surface area (Å²) in [6.45, 7) is 10.7. The number of aryl methyl sites for hydroxylation is 1. The van der Waals surface area contributed by atoms with Crippen LogP contribution in [0.2, 0.25) is 0 Å². The first-order chi connectivity index (χ1) is 12.7. The van der Waals surface area contributed by atoms with Crippen LogP contribution in [0.3, 0.4) is 0 Å². The van der Waals surface area contributed by atoms with Crippen molar-refractivity contribution in [2.75, 3.05) is 32.8 Å². The van der Waals surface area contributed by atoms with E-state index in [4.69, 9.17) is 4.74 Å². The molecule has 2 rings (SSSR count). The summed E-state index contributed by atoms with van der Waals surface area (Å²) >= 11 is 0. The van der Waals surface area contributed by atoms with E-state index < -0.39 is 10.0 Å². The van der Waals surface area contributed by atoms with Crippen molar-refractivity contribution in [3.63, 3.8) is 0 Å². The Kier molecular flexibility index (Phi) is 7.82. The minimum absolute atomic E-state index is 0.142. The number of sulfonamides is 1. The highest BCUT2D eigenvalue weighted by Gasteiger charge is 2.26. The molecule has 0 spiro atoms. The summed E-state index contributed by atoms with van der Waals surface area (Å²) in [6, 6.07) is 7.07. The van der Waals surface area contributed by atoms with Gasteiger partial charge in [0, 0.05) is 32.1 Å². The van der Waals surface area contributed by atoms with Crippen molar-refractivity contribution in [2.24, 2.45) is 5.92 Å². The number of nitrogens with zero attached hydrogens (tertiary/aromatic N) is 2. The lowest BCUT2D eigenvalue weighted by molar-refractivity contribution is -0.133. The zero-order valence-corrected chi connectivity index (χ0v) is 17.7. The molecule has 0 aromatic heterocycles. The molecule has 1 aromatic carbocycles. The van der Waals surface area contributed by atoms with Gasteiger partial charge in [-0.1, -0.05) is 26.0 Å². The van der Waals surface area contributed by atoms with Crippen LogP contribution in [0.5, 0.6) is 0 Å². The minimum atomic E-state index is -3.47. The third-order valence-electron chi connectivity index (χ3n) is 4.66. The maximum absolute atomic E-state index is 12.6. The van der Waals surface area contributed by atoms with E-state index in [0.29, 0.717) is 50.0 Å². The number of morpholine rings is 1. The normalized spacial score (nSPS) is 16.1. The second-order valence-electron chi connectivity index (χ2n) is 7.69. The predicted molar refractivity (Wildman–Crippen MR) is 106 cm³/mol. The Labute approximate surface area is 163 Å². The van der Waals surface area contributed by atoms with E-state index in [9.17, 15) is 13.2 Å². The molecule has 1 aliphatic rings. The first-order valence-electron chi connectivity index (χ1n) is 9.68. The summed E-state index contributed by atoms with van der Waals surface area (Å²) in [6.07, 6.45) is 1.04. The summed E-state index contributed by atoms with van der Waals surface area (Å²) in [7, 11) is -3.47. The van der Waals surface area contributed by atoms with Crippen LogP contribution in [0.4, 0.5) is 0 Å². The number of hydrogen-bond donors (Lipinski definition) is 0. The van der Waals surface area contributed by atoms with Gasteiger partial charge in [0.15, 0.2) is 0 Å². The van der Waals surface area contributed by atoms with Crippen molar-refractivity contribution in [1.82, 2.24) is 9.21 Å². The second kappa shape index (κ2) is 9.66. The molecule has 0 atom stereocenters. The van der Waals surface area contributed by atoms with Crippen molar-refractivity contribution in [3.05, 3.63) is 29.8 Å². The van der Waals surface area contributed by atoms with E-state index in [1.165, 1.54) is 4.31 Å².